The van der Waals surface area contributed by atoms with Crippen LogP contribution in [-0.2, 0) is 16.1 Å². The molecule has 5 aromatic rings. The summed E-state index contributed by atoms with van der Waals surface area (Å²) in [6.07, 6.45) is 1.72. The molecule has 11 heteroatoms. The summed E-state index contributed by atoms with van der Waals surface area (Å²) in [5.74, 6) is 0.591. The molecule has 0 bridgehead atoms. The van der Waals surface area contributed by atoms with Gasteiger partial charge in [-0.05, 0) is 66.6 Å². The molecule has 0 saturated carbocycles. The lowest BCUT2D eigenvalue weighted by molar-refractivity contribution is -0.138. The van der Waals surface area contributed by atoms with E-state index in [0.29, 0.717) is 52.7 Å². The highest BCUT2D eigenvalue weighted by Gasteiger charge is 2.35. The molecule has 4 aromatic carbocycles. The Kier molecular flexibility index (Phi) is 9.84. The molecule has 1 aliphatic heterocycles. The number of carbonyl (C=O) groups excluding carboxylic acids is 1. The third-order valence-electron chi connectivity index (χ3n) is 7.44. The molecular formula is C36H27Cl3N2O5S. The average Bonchev–Trinajstić information content (AvgIpc) is 3.39. The number of methoxy groups -OCH3 is 1. The summed E-state index contributed by atoms with van der Waals surface area (Å²) in [6, 6.07) is 26.3. The molecule has 1 atom stereocenters. The van der Waals surface area contributed by atoms with E-state index in [4.69, 9.17) is 54.0 Å². The lowest BCUT2D eigenvalue weighted by atomic mass is 9.93. The molecule has 0 saturated heterocycles. The van der Waals surface area contributed by atoms with Crippen molar-refractivity contribution in [2.75, 3.05) is 13.7 Å². The summed E-state index contributed by atoms with van der Waals surface area (Å²) >= 11 is 19.9. The average molecular weight is 706 g/mol. The summed E-state index contributed by atoms with van der Waals surface area (Å²) in [4.78, 5) is 33.3. The zero-order chi connectivity index (χ0) is 33.1. The number of nitrogens with zero attached hydrogens (tertiary/aromatic N) is 2. The number of hydrogen-bond donors (Lipinski definition) is 0. The Morgan fingerprint density at radius 2 is 1.72 bits per heavy atom. The summed E-state index contributed by atoms with van der Waals surface area (Å²) in [7, 11) is 1.58. The van der Waals surface area contributed by atoms with E-state index in [1.807, 2.05) is 48.5 Å². The molecule has 1 aromatic heterocycles. The van der Waals surface area contributed by atoms with E-state index in [-0.39, 0.29) is 24.3 Å². The molecule has 0 amide bonds. The van der Waals surface area contributed by atoms with Crippen molar-refractivity contribution in [2.45, 2.75) is 19.6 Å². The Hall–Kier alpha value is -4.34. The van der Waals surface area contributed by atoms with Gasteiger partial charge in [0.25, 0.3) is 5.56 Å². The first-order chi connectivity index (χ1) is 22.8. The van der Waals surface area contributed by atoms with Gasteiger partial charge in [-0.25, -0.2) is 9.79 Å². The van der Waals surface area contributed by atoms with Crippen LogP contribution in [0.3, 0.4) is 0 Å². The highest BCUT2D eigenvalue weighted by molar-refractivity contribution is 7.07. The monoisotopic (exact) mass is 704 g/mol. The minimum absolute atomic E-state index is 0.157. The van der Waals surface area contributed by atoms with Crippen LogP contribution in [0, 0.1) is 0 Å². The van der Waals surface area contributed by atoms with Crippen LogP contribution in [0.2, 0.25) is 15.1 Å². The standard InChI is InChI=1S/C36H27Cl3N2O5S/c1-3-45-35(43)31-32(22-7-5-4-6-8-22)40-36-41(33(31)23-10-13-26(44-2)14-11-23)34(42)30(47-36)19-24-18-25(37)12-16-29(24)46-20-21-9-15-27(38)28(39)17-21/h4-19,33H,3,20H2,1-2H3/b30-19-/t33-/m0/s1. The van der Waals surface area contributed by atoms with Crippen molar-refractivity contribution in [1.82, 2.24) is 4.57 Å². The zero-order valence-corrected chi connectivity index (χ0v) is 28.3. The van der Waals surface area contributed by atoms with Crippen LogP contribution in [0.25, 0.3) is 11.8 Å². The van der Waals surface area contributed by atoms with Crippen molar-refractivity contribution < 1.29 is 19.0 Å². The van der Waals surface area contributed by atoms with Gasteiger partial charge in [0, 0.05) is 16.1 Å². The van der Waals surface area contributed by atoms with E-state index < -0.39 is 12.0 Å². The van der Waals surface area contributed by atoms with Gasteiger partial charge in [-0.1, -0.05) is 94.7 Å². The molecule has 7 nitrogen and oxygen atoms in total. The second kappa shape index (κ2) is 14.2. The van der Waals surface area contributed by atoms with E-state index >= 15 is 0 Å². The molecule has 0 radical (unpaired) electrons. The summed E-state index contributed by atoms with van der Waals surface area (Å²) in [5.41, 5.74) is 3.19. The summed E-state index contributed by atoms with van der Waals surface area (Å²) in [5, 5.41) is 1.35. The fourth-order valence-electron chi connectivity index (χ4n) is 5.24. The number of benzene rings is 4. The van der Waals surface area contributed by atoms with Gasteiger partial charge in [0.15, 0.2) is 4.80 Å². The van der Waals surface area contributed by atoms with Crippen molar-refractivity contribution in [3.63, 3.8) is 0 Å². The van der Waals surface area contributed by atoms with Crippen LogP contribution in [-0.4, -0.2) is 24.3 Å². The van der Waals surface area contributed by atoms with E-state index in [1.54, 1.807) is 62.6 Å². The molecule has 1 aliphatic rings. The zero-order valence-electron chi connectivity index (χ0n) is 25.2. The van der Waals surface area contributed by atoms with Crippen LogP contribution < -0.4 is 24.4 Å². The molecule has 0 aliphatic carbocycles. The predicted octanol–water partition coefficient (Wildman–Crippen LogP) is 7.48. The highest BCUT2D eigenvalue weighted by atomic mass is 35.5. The Morgan fingerprint density at radius 1 is 0.957 bits per heavy atom. The third kappa shape index (κ3) is 6.87. The Labute approximate surface area is 289 Å². The molecule has 6 rings (SSSR count). The number of rotatable bonds is 9. The van der Waals surface area contributed by atoms with Gasteiger partial charge in [-0.3, -0.25) is 9.36 Å². The van der Waals surface area contributed by atoms with Crippen molar-refractivity contribution in [2.24, 2.45) is 4.99 Å². The normalized spacial score (nSPS) is 14.4. The third-order valence-corrected chi connectivity index (χ3v) is 9.40. The molecule has 0 fully saturated rings. The largest absolute Gasteiger partial charge is 0.497 e. The Morgan fingerprint density at radius 3 is 2.43 bits per heavy atom. The van der Waals surface area contributed by atoms with Crippen molar-refractivity contribution >= 4 is 63.9 Å². The quantitative estimate of drug-likeness (QED) is 0.149. The van der Waals surface area contributed by atoms with E-state index in [1.165, 1.54) is 15.9 Å². The predicted molar refractivity (Wildman–Crippen MR) is 186 cm³/mol. The van der Waals surface area contributed by atoms with Crippen molar-refractivity contribution in [3.05, 3.63) is 154 Å². The lowest BCUT2D eigenvalue weighted by Crippen LogP contribution is -2.40. The van der Waals surface area contributed by atoms with Gasteiger partial charge in [-0.2, -0.15) is 0 Å². The number of carbonyl (C=O) groups is 1. The minimum Gasteiger partial charge on any atom is -0.497 e. The van der Waals surface area contributed by atoms with Crippen LogP contribution >= 0.6 is 46.1 Å². The summed E-state index contributed by atoms with van der Waals surface area (Å²) < 4.78 is 19.0. The van der Waals surface area contributed by atoms with Gasteiger partial charge in [-0.15, -0.1) is 0 Å². The minimum atomic E-state index is -0.821. The van der Waals surface area contributed by atoms with Crippen molar-refractivity contribution in [1.29, 1.82) is 0 Å². The van der Waals surface area contributed by atoms with E-state index in [9.17, 15) is 9.59 Å². The maximum absolute atomic E-state index is 14.3. The number of esters is 1. The van der Waals surface area contributed by atoms with E-state index in [2.05, 4.69) is 0 Å². The molecule has 2 heterocycles. The number of ether oxygens (including phenoxy) is 3. The number of aromatic nitrogens is 1. The smallest absolute Gasteiger partial charge is 0.338 e. The fraction of sp³-hybridized carbons (Fsp3) is 0.139. The van der Waals surface area contributed by atoms with Gasteiger partial charge in [0.1, 0.15) is 18.1 Å². The first-order valence-electron chi connectivity index (χ1n) is 14.6. The first kappa shape index (κ1) is 32.6. The van der Waals surface area contributed by atoms with Crippen LogP contribution in [0.1, 0.15) is 35.2 Å². The number of fused-ring (bicyclic) bond motifs is 1. The molecule has 0 N–H and O–H groups in total. The molecule has 238 valence electrons. The molecule has 47 heavy (non-hydrogen) atoms. The van der Waals surface area contributed by atoms with Crippen molar-refractivity contribution in [3.8, 4) is 11.5 Å². The summed E-state index contributed by atoms with van der Waals surface area (Å²) in [6.45, 7) is 2.11. The Balaban J connectivity index is 1.52. The number of thiazole rings is 1. The SMILES string of the molecule is CCOC(=O)C1=C(c2ccccc2)N=c2s/c(=C\c3cc(Cl)ccc3OCc3ccc(Cl)c(Cl)c3)c(=O)n2[C@H]1c1ccc(OC)cc1. The van der Waals surface area contributed by atoms with E-state index in [0.717, 1.165) is 11.1 Å². The van der Waals surface area contributed by atoms with Crippen LogP contribution in [0.15, 0.2) is 106 Å². The molecular weight excluding hydrogens is 679 g/mol. The Bertz CT molecular complexity index is 2180. The van der Waals surface area contributed by atoms with Gasteiger partial charge < -0.3 is 14.2 Å². The van der Waals surface area contributed by atoms with Gasteiger partial charge in [0.05, 0.1) is 45.6 Å². The molecule has 0 spiro atoms. The second-order valence-corrected chi connectivity index (χ2v) is 12.7. The molecule has 0 unspecified atom stereocenters. The van der Waals surface area contributed by atoms with Gasteiger partial charge in [0.2, 0.25) is 0 Å². The fourth-order valence-corrected chi connectivity index (χ4v) is 6.73. The van der Waals surface area contributed by atoms with Crippen LogP contribution in [0.5, 0.6) is 11.5 Å². The van der Waals surface area contributed by atoms with Crippen LogP contribution in [0.4, 0.5) is 0 Å². The number of hydrogen-bond acceptors (Lipinski definition) is 7. The maximum atomic E-state index is 14.3. The van der Waals surface area contributed by atoms with Gasteiger partial charge >= 0.3 is 5.97 Å². The maximum Gasteiger partial charge on any atom is 0.338 e. The topological polar surface area (TPSA) is 79.1 Å². The lowest BCUT2D eigenvalue weighted by Gasteiger charge is -2.26. The number of halogens is 3. The second-order valence-electron chi connectivity index (χ2n) is 10.4. The highest BCUT2D eigenvalue weighted by Crippen LogP contribution is 2.36. The first-order valence-corrected chi connectivity index (χ1v) is 16.5.